The summed E-state index contributed by atoms with van der Waals surface area (Å²) in [6.07, 6.45) is 0.995. The van der Waals surface area contributed by atoms with Gasteiger partial charge in [0, 0.05) is 25.1 Å². The van der Waals surface area contributed by atoms with Crippen LogP contribution in [0.2, 0.25) is 0 Å². The van der Waals surface area contributed by atoms with E-state index in [2.05, 4.69) is 4.90 Å². The number of rotatable bonds is 7. The second-order valence-electron chi connectivity index (χ2n) is 4.98. The summed E-state index contributed by atoms with van der Waals surface area (Å²) in [5, 5.41) is 9.19. The van der Waals surface area contributed by atoms with Gasteiger partial charge in [0.05, 0.1) is 6.10 Å². The highest BCUT2D eigenvalue weighted by atomic mass is 16.3. The molecule has 0 aromatic heterocycles. The third-order valence-electron chi connectivity index (χ3n) is 3.02. The lowest BCUT2D eigenvalue weighted by molar-refractivity contribution is 0.0965. The number of carbonyl (C=O) groups is 1. The van der Waals surface area contributed by atoms with Gasteiger partial charge in [-0.05, 0) is 27.3 Å². The van der Waals surface area contributed by atoms with Crippen LogP contribution in [-0.4, -0.2) is 42.0 Å². The Balaban J connectivity index is 2.34. The molecule has 0 spiro atoms. The van der Waals surface area contributed by atoms with Crippen LogP contribution in [0.3, 0.4) is 0 Å². The molecule has 18 heavy (non-hydrogen) atoms. The maximum absolute atomic E-state index is 11.9. The van der Waals surface area contributed by atoms with E-state index in [0.717, 1.165) is 25.1 Å². The standard InChI is InChI=1S/C15H23NO2/c1-12-4-6-14(7-5-12)15(18)9-11-16(3)10-8-13(2)17/h4-7,13,17H,8-11H2,1-3H3. The Labute approximate surface area is 109 Å². The zero-order chi connectivity index (χ0) is 13.5. The van der Waals surface area contributed by atoms with Crippen molar-refractivity contribution in [1.82, 2.24) is 4.90 Å². The van der Waals surface area contributed by atoms with Gasteiger partial charge in [-0.15, -0.1) is 0 Å². The van der Waals surface area contributed by atoms with Gasteiger partial charge in [-0.25, -0.2) is 0 Å². The molecule has 0 saturated heterocycles. The molecule has 1 aromatic carbocycles. The molecule has 0 aliphatic carbocycles. The maximum Gasteiger partial charge on any atom is 0.164 e. The minimum absolute atomic E-state index is 0.180. The number of aliphatic hydroxyl groups excluding tert-OH is 1. The molecule has 100 valence electrons. The van der Waals surface area contributed by atoms with E-state index < -0.39 is 0 Å². The normalized spacial score (nSPS) is 12.7. The summed E-state index contributed by atoms with van der Waals surface area (Å²) in [5.41, 5.74) is 1.95. The maximum atomic E-state index is 11.9. The fourth-order valence-corrected chi connectivity index (χ4v) is 1.70. The molecule has 0 aliphatic heterocycles. The minimum atomic E-state index is -0.278. The lowest BCUT2D eigenvalue weighted by atomic mass is 10.1. The first-order valence-corrected chi connectivity index (χ1v) is 6.45. The summed E-state index contributed by atoms with van der Waals surface area (Å²) in [6, 6.07) is 7.69. The topological polar surface area (TPSA) is 40.5 Å². The van der Waals surface area contributed by atoms with E-state index in [1.807, 2.05) is 38.2 Å². The third kappa shape index (κ3) is 5.43. The van der Waals surface area contributed by atoms with Crippen molar-refractivity contribution in [3.8, 4) is 0 Å². The predicted octanol–water partition coefficient (Wildman–Crippen LogP) is 2.27. The monoisotopic (exact) mass is 249 g/mol. The van der Waals surface area contributed by atoms with E-state index in [4.69, 9.17) is 0 Å². The first-order valence-electron chi connectivity index (χ1n) is 6.45. The van der Waals surface area contributed by atoms with Crippen molar-refractivity contribution < 1.29 is 9.90 Å². The summed E-state index contributed by atoms with van der Waals surface area (Å²) in [5.74, 6) is 0.180. The number of aryl methyl sites for hydroxylation is 1. The van der Waals surface area contributed by atoms with Crippen molar-refractivity contribution in [2.75, 3.05) is 20.1 Å². The van der Waals surface area contributed by atoms with Gasteiger partial charge in [0.1, 0.15) is 0 Å². The summed E-state index contributed by atoms with van der Waals surface area (Å²) in [7, 11) is 1.98. The van der Waals surface area contributed by atoms with Gasteiger partial charge in [-0.1, -0.05) is 29.8 Å². The molecule has 1 rings (SSSR count). The molecular formula is C15H23NO2. The number of benzene rings is 1. The predicted molar refractivity (Wildman–Crippen MR) is 73.9 cm³/mol. The first-order chi connectivity index (χ1) is 8.49. The molecule has 1 aromatic rings. The summed E-state index contributed by atoms with van der Waals surface area (Å²) in [6.45, 7) is 5.35. The lowest BCUT2D eigenvalue weighted by Crippen LogP contribution is -2.25. The SMILES string of the molecule is Cc1ccc(C(=O)CCN(C)CCC(C)O)cc1. The van der Waals surface area contributed by atoms with Gasteiger partial charge in [0.2, 0.25) is 0 Å². The van der Waals surface area contributed by atoms with Crippen LogP contribution >= 0.6 is 0 Å². The van der Waals surface area contributed by atoms with Gasteiger partial charge in [0.15, 0.2) is 5.78 Å². The zero-order valence-corrected chi connectivity index (χ0v) is 11.5. The molecule has 0 saturated carbocycles. The van der Waals surface area contributed by atoms with Crippen LogP contribution in [0.5, 0.6) is 0 Å². The van der Waals surface area contributed by atoms with Crippen LogP contribution in [0.1, 0.15) is 35.7 Å². The Morgan fingerprint density at radius 2 is 1.89 bits per heavy atom. The van der Waals surface area contributed by atoms with E-state index in [0.29, 0.717) is 6.42 Å². The van der Waals surface area contributed by atoms with E-state index in [1.165, 1.54) is 5.56 Å². The van der Waals surface area contributed by atoms with E-state index in [9.17, 15) is 9.90 Å². The number of ketones is 1. The molecule has 0 amide bonds. The van der Waals surface area contributed by atoms with Crippen LogP contribution in [0.25, 0.3) is 0 Å². The number of aliphatic hydroxyl groups is 1. The number of carbonyl (C=O) groups excluding carboxylic acids is 1. The quantitative estimate of drug-likeness (QED) is 0.754. The van der Waals surface area contributed by atoms with Crippen LogP contribution in [0.4, 0.5) is 0 Å². The van der Waals surface area contributed by atoms with Crippen molar-refractivity contribution in [1.29, 1.82) is 0 Å². The Kier molecular flexibility index (Phi) is 6.02. The molecule has 1 atom stereocenters. The second-order valence-corrected chi connectivity index (χ2v) is 4.98. The molecule has 0 radical (unpaired) electrons. The van der Waals surface area contributed by atoms with Crippen LogP contribution in [-0.2, 0) is 0 Å². The first kappa shape index (κ1) is 14.9. The van der Waals surface area contributed by atoms with E-state index in [1.54, 1.807) is 6.92 Å². The molecule has 1 N–H and O–H groups in total. The Hall–Kier alpha value is -1.19. The number of Topliss-reactive ketones (excluding diaryl/α,β-unsaturated/α-hetero) is 1. The highest BCUT2D eigenvalue weighted by molar-refractivity contribution is 5.96. The fourth-order valence-electron chi connectivity index (χ4n) is 1.70. The molecule has 0 fully saturated rings. The molecule has 0 heterocycles. The van der Waals surface area contributed by atoms with E-state index in [-0.39, 0.29) is 11.9 Å². The van der Waals surface area contributed by atoms with Crippen LogP contribution in [0.15, 0.2) is 24.3 Å². The zero-order valence-electron chi connectivity index (χ0n) is 11.5. The molecular weight excluding hydrogens is 226 g/mol. The number of hydrogen-bond donors (Lipinski definition) is 1. The highest BCUT2D eigenvalue weighted by Crippen LogP contribution is 2.06. The van der Waals surface area contributed by atoms with Gasteiger partial charge in [0.25, 0.3) is 0 Å². The summed E-state index contributed by atoms with van der Waals surface area (Å²) >= 11 is 0. The average Bonchev–Trinajstić information content (AvgIpc) is 2.34. The van der Waals surface area contributed by atoms with Crippen LogP contribution in [0, 0.1) is 6.92 Å². The van der Waals surface area contributed by atoms with Crippen molar-refractivity contribution in [3.05, 3.63) is 35.4 Å². The Morgan fingerprint density at radius 3 is 2.44 bits per heavy atom. The van der Waals surface area contributed by atoms with Crippen molar-refractivity contribution in [2.24, 2.45) is 0 Å². The second kappa shape index (κ2) is 7.29. The minimum Gasteiger partial charge on any atom is -0.393 e. The van der Waals surface area contributed by atoms with Crippen molar-refractivity contribution >= 4 is 5.78 Å². The molecule has 0 aliphatic rings. The molecule has 3 nitrogen and oxygen atoms in total. The fraction of sp³-hybridized carbons (Fsp3) is 0.533. The van der Waals surface area contributed by atoms with Gasteiger partial charge in [-0.3, -0.25) is 4.79 Å². The largest absolute Gasteiger partial charge is 0.393 e. The van der Waals surface area contributed by atoms with Crippen molar-refractivity contribution in [3.63, 3.8) is 0 Å². The number of hydrogen-bond acceptors (Lipinski definition) is 3. The molecule has 3 heteroatoms. The summed E-state index contributed by atoms with van der Waals surface area (Å²) < 4.78 is 0. The summed E-state index contributed by atoms with van der Waals surface area (Å²) in [4.78, 5) is 14.0. The van der Waals surface area contributed by atoms with E-state index >= 15 is 0 Å². The Morgan fingerprint density at radius 1 is 1.28 bits per heavy atom. The molecule has 0 bridgehead atoms. The van der Waals surface area contributed by atoms with Gasteiger partial charge in [-0.2, -0.15) is 0 Å². The third-order valence-corrected chi connectivity index (χ3v) is 3.02. The number of nitrogens with zero attached hydrogens (tertiary/aromatic N) is 1. The molecule has 1 unspecified atom stereocenters. The van der Waals surface area contributed by atoms with Crippen LogP contribution < -0.4 is 0 Å². The highest BCUT2D eigenvalue weighted by Gasteiger charge is 2.08. The van der Waals surface area contributed by atoms with Gasteiger partial charge >= 0.3 is 0 Å². The average molecular weight is 249 g/mol. The Bertz CT molecular complexity index is 371. The van der Waals surface area contributed by atoms with Gasteiger partial charge < -0.3 is 10.0 Å². The smallest absolute Gasteiger partial charge is 0.164 e. The lowest BCUT2D eigenvalue weighted by Gasteiger charge is -2.16. The van der Waals surface area contributed by atoms with Crippen molar-refractivity contribution in [2.45, 2.75) is 32.8 Å².